The van der Waals surface area contributed by atoms with Crippen molar-refractivity contribution in [2.75, 3.05) is 18.6 Å². The van der Waals surface area contributed by atoms with Gasteiger partial charge >= 0.3 is 0 Å². The lowest BCUT2D eigenvalue weighted by Gasteiger charge is -2.16. The number of rotatable bonds is 6. The van der Waals surface area contributed by atoms with Gasteiger partial charge in [0.25, 0.3) is 0 Å². The zero-order valence-electron chi connectivity index (χ0n) is 14.9. The number of anilines is 1. The maximum atomic E-state index is 12.4. The van der Waals surface area contributed by atoms with Crippen LogP contribution >= 0.6 is 0 Å². The molecule has 0 aromatic heterocycles. The molecular formula is C19H22N2O4S. The van der Waals surface area contributed by atoms with Crippen LogP contribution in [0, 0.1) is 0 Å². The Kier molecular flexibility index (Phi) is 5.29. The Morgan fingerprint density at radius 2 is 1.92 bits per heavy atom. The molecule has 0 unspecified atom stereocenters. The van der Waals surface area contributed by atoms with Crippen molar-refractivity contribution in [3.05, 3.63) is 53.6 Å². The topological polar surface area (TPSA) is 75.7 Å². The minimum atomic E-state index is -3.60. The van der Waals surface area contributed by atoms with E-state index >= 15 is 0 Å². The lowest BCUT2D eigenvalue weighted by molar-refractivity contribution is -0.118. The van der Waals surface area contributed by atoms with Crippen molar-refractivity contribution >= 4 is 21.6 Å². The Hall–Kier alpha value is -2.38. The van der Waals surface area contributed by atoms with E-state index in [1.165, 1.54) is 19.2 Å². The Labute approximate surface area is 153 Å². The molecule has 2 aromatic carbocycles. The molecule has 0 spiro atoms. The molecular weight excluding hydrogens is 352 g/mol. The van der Waals surface area contributed by atoms with Crippen LogP contribution in [0.2, 0.25) is 0 Å². The van der Waals surface area contributed by atoms with Crippen molar-refractivity contribution in [1.82, 2.24) is 4.72 Å². The number of carbonyl (C=O) groups is 1. The molecule has 0 radical (unpaired) electrons. The van der Waals surface area contributed by atoms with E-state index < -0.39 is 10.0 Å². The van der Waals surface area contributed by atoms with E-state index in [0.29, 0.717) is 18.7 Å². The summed E-state index contributed by atoms with van der Waals surface area (Å²) in [5, 5.41) is 0. The standard InChI is InChI=1S/C19H22N2O4S/c1-3-19(22)21-11-10-15-12-14(4-9-18(15)21)13-20-26(23,24)17-7-5-16(25-2)6-8-17/h4-9,12,20H,3,10-11,13H2,1-2H3. The highest BCUT2D eigenvalue weighted by Crippen LogP contribution is 2.29. The first kappa shape index (κ1) is 18.4. The lowest BCUT2D eigenvalue weighted by atomic mass is 10.1. The molecule has 1 N–H and O–H groups in total. The number of nitrogens with zero attached hydrogens (tertiary/aromatic N) is 1. The molecule has 0 aliphatic carbocycles. The predicted molar refractivity (Wildman–Crippen MR) is 99.8 cm³/mol. The molecule has 1 amide bonds. The quantitative estimate of drug-likeness (QED) is 0.843. The van der Waals surface area contributed by atoms with Gasteiger partial charge in [0.05, 0.1) is 12.0 Å². The van der Waals surface area contributed by atoms with E-state index in [1.54, 1.807) is 17.0 Å². The van der Waals surface area contributed by atoms with Gasteiger partial charge in [-0.05, 0) is 47.9 Å². The van der Waals surface area contributed by atoms with Crippen molar-refractivity contribution in [2.45, 2.75) is 31.2 Å². The van der Waals surface area contributed by atoms with Crippen LogP contribution in [0.15, 0.2) is 47.4 Å². The van der Waals surface area contributed by atoms with Gasteiger partial charge in [0, 0.05) is 25.2 Å². The number of nitrogens with one attached hydrogen (secondary N) is 1. The molecule has 0 saturated carbocycles. The van der Waals surface area contributed by atoms with E-state index in [9.17, 15) is 13.2 Å². The van der Waals surface area contributed by atoms with Crippen LogP contribution in [0.4, 0.5) is 5.69 Å². The van der Waals surface area contributed by atoms with Gasteiger partial charge in [0.1, 0.15) is 5.75 Å². The van der Waals surface area contributed by atoms with Crippen molar-refractivity contribution in [3.63, 3.8) is 0 Å². The normalized spacial score (nSPS) is 13.5. The fourth-order valence-corrected chi connectivity index (χ4v) is 4.05. The van der Waals surface area contributed by atoms with E-state index in [0.717, 1.165) is 23.2 Å². The number of carbonyl (C=O) groups excluding carboxylic acids is 1. The second-order valence-corrected chi connectivity index (χ2v) is 7.88. The van der Waals surface area contributed by atoms with E-state index in [2.05, 4.69) is 4.72 Å². The second-order valence-electron chi connectivity index (χ2n) is 6.11. The van der Waals surface area contributed by atoms with Crippen LogP contribution in [0.5, 0.6) is 5.75 Å². The molecule has 6 nitrogen and oxygen atoms in total. The van der Waals surface area contributed by atoms with Gasteiger partial charge in [-0.25, -0.2) is 13.1 Å². The predicted octanol–water partition coefficient (Wildman–Crippen LogP) is 2.47. The van der Waals surface area contributed by atoms with Crippen LogP contribution < -0.4 is 14.4 Å². The monoisotopic (exact) mass is 374 g/mol. The van der Waals surface area contributed by atoms with Gasteiger partial charge in [0.15, 0.2) is 0 Å². The summed E-state index contributed by atoms with van der Waals surface area (Å²) in [6, 6.07) is 12.0. The van der Waals surface area contributed by atoms with Gasteiger partial charge in [-0.1, -0.05) is 19.1 Å². The van der Waals surface area contributed by atoms with Crippen molar-refractivity contribution in [3.8, 4) is 5.75 Å². The Balaban J connectivity index is 1.71. The van der Waals surface area contributed by atoms with Crippen LogP contribution in [-0.4, -0.2) is 28.0 Å². The number of sulfonamides is 1. The summed E-state index contributed by atoms with van der Waals surface area (Å²) < 4.78 is 32.5. The SMILES string of the molecule is CCC(=O)N1CCc2cc(CNS(=O)(=O)c3ccc(OC)cc3)ccc21. The van der Waals surface area contributed by atoms with E-state index in [-0.39, 0.29) is 17.3 Å². The molecule has 0 atom stereocenters. The van der Waals surface area contributed by atoms with Crippen molar-refractivity contribution < 1.29 is 17.9 Å². The highest BCUT2D eigenvalue weighted by Gasteiger charge is 2.23. The Bertz CT molecular complexity index is 908. The van der Waals surface area contributed by atoms with Crippen molar-refractivity contribution in [1.29, 1.82) is 0 Å². The number of amides is 1. The minimum Gasteiger partial charge on any atom is -0.497 e. The van der Waals surface area contributed by atoms with Crippen LogP contribution in [0.3, 0.4) is 0 Å². The molecule has 1 heterocycles. The highest BCUT2D eigenvalue weighted by molar-refractivity contribution is 7.89. The summed E-state index contributed by atoms with van der Waals surface area (Å²) in [7, 11) is -2.06. The molecule has 7 heteroatoms. The van der Waals surface area contributed by atoms with Gasteiger partial charge < -0.3 is 9.64 Å². The largest absolute Gasteiger partial charge is 0.497 e. The molecule has 26 heavy (non-hydrogen) atoms. The van der Waals surface area contributed by atoms with E-state index in [1.807, 2.05) is 25.1 Å². The van der Waals surface area contributed by atoms with Gasteiger partial charge in [-0.2, -0.15) is 0 Å². The first-order chi connectivity index (χ1) is 12.4. The van der Waals surface area contributed by atoms with Gasteiger partial charge in [-0.3, -0.25) is 4.79 Å². The molecule has 138 valence electrons. The zero-order valence-corrected chi connectivity index (χ0v) is 15.7. The number of fused-ring (bicyclic) bond motifs is 1. The number of hydrogen-bond donors (Lipinski definition) is 1. The first-order valence-corrected chi connectivity index (χ1v) is 9.99. The lowest BCUT2D eigenvalue weighted by Crippen LogP contribution is -2.27. The van der Waals surface area contributed by atoms with Crippen LogP contribution in [0.1, 0.15) is 24.5 Å². The summed E-state index contributed by atoms with van der Waals surface area (Å²) in [6.07, 6.45) is 1.27. The average molecular weight is 374 g/mol. The Morgan fingerprint density at radius 1 is 1.19 bits per heavy atom. The molecule has 0 saturated heterocycles. The molecule has 0 bridgehead atoms. The summed E-state index contributed by atoms with van der Waals surface area (Å²) in [5.74, 6) is 0.713. The van der Waals surface area contributed by atoms with Gasteiger partial charge in [0.2, 0.25) is 15.9 Å². The maximum Gasteiger partial charge on any atom is 0.240 e. The average Bonchev–Trinajstić information content (AvgIpc) is 3.09. The Morgan fingerprint density at radius 3 is 2.58 bits per heavy atom. The number of ether oxygens (including phenoxy) is 1. The number of hydrogen-bond acceptors (Lipinski definition) is 4. The fraction of sp³-hybridized carbons (Fsp3) is 0.316. The summed E-state index contributed by atoms with van der Waals surface area (Å²) in [4.78, 5) is 13.9. The summed E-state index contributed by atoms with van der Waals surface area (Å²) in [6.45, 7) is 2.73. The summed E-state index contributed by atoms with van der Waals surface area (Å²) in [5.41, 5.74) is 2.87. The van der Waals surface area contributed by atoms with E-state index in [4.69, 9.17) is 4.74 Å². The minimum absolute atomic E-state index is 0.108. The third-order valence-corrected chi connectivity index (χ3v) is 5.90. The van der Waals surface area contributed by atoms with Crippen LogP contribution in [-0.2, 0) is 27.8 Å². The fourth-order valence-electron chi connectivity index (χ4n) is 3.03. The third-order valence-electron chi connectivity index (χ3n) is 4.48. The molecule has 2 aromatic rings. The van der Waals surface area contributed by atoms with Crippen LogP contribution in [0.25, 0.3) is 0 Å². The zero-order chi connectivity index (χ0) is 18.7. The molecule has 0 fully saturated rings. The number of methoxy groups -OCH3 is 1. The van der Waals surface area contributed by atoms with Crippen molar-refractivity contribution in [2.24, 2.45) is 0 Å². The summed E-state index contributed by atoms with van der Waals surface area (Å²) >= 11 is 0. The molecule has 1 aliphatic heterocycles. The molecule has 3 rings (SSSR count). The molecule has 1 aliphatic rings. The second kappa shape index (κ2) is 7.47. The number of benzene rings is 2. The van der Waals surface area contributed by atoms with Gasteiger partial charge in [-0.15, -0.1) is 0 Å². The smallest absolute Gasteiger partial charge is 0.240 e. The maximum absolute atomic E-state index is 12.4. The first-order valence-electron chi connectivity index (χ1n) is 8.50. The highest BCUT2D eigenvalue weighted by atomic mass is 32.2. The third kappa shape index (κ3) is 3.73.